The van der Waals surface area contributed by atoms with E-state index in [4.69, 9.17) is 5.11 Å². The molecule has 0 amide bonds. The molecule has 1 saturated carbocycles. The summed E-state index contributed by atoms with van der Waals surface area (Å²) in [5.74, 6) is -0.207. The van der Waals surface area contributed by atoms with Crippen LogP contribution in [0.3, 0.4) is 0 Å². The van der Waals surface area contributed by atoms with E-state index in [-0.39, 0.29) is 5.01 Å². The summed E-state index contributed by atoms with van der Waals surface area (Å²) in [5, 5.41) is 14.4. The molecule has 2 rings (SSSR count). The number of hydrogen-bond donors (Lipinski definition) is 2. The first-order chi connectivity index (χ1) is 9.51. The van der Waals surface area contributed by atoms with E-state index in [0.29, 0.717) is 12.0 Å². The molecule has 1 aromatic rings. The average molecular weight is 296 g/mol. The van der Waals surface area contributed by atoms with Crippen molar-refractivity contribution in [3.63, 3.8) is 0 Å². The second kappa shape index (κ2) is 6.68. The van der Waals surface area contributed by atoms with Gasteiger partial charge in [0.15, 0.2) is 0 Å². The van der Waals surface area contributed by atoms with Gasteiger partial charge in [-0.1, -0.05) is 26.7 Å². The molecule has 1 aromatic heterocycles. The first kappa shape index (κ1) is 15.4. The summed E-state index contributed by atoms with van der Waals surface area (Å²) in [4.78, 5) is 14.9. The minimum Gasteiger partial charge on any atom is -0.476 e. The number of aromatic carboxylic acids is 1. The Morgan fingerprint density at radius 1 is 1.50 bits per heavy atom. The van der Waals surface area contributed by atoms with Crippen molar-refractivity contribution in [3.05, 3.63) is 16.1 Å². The molecular weight excluding hydrogens is 272 g/mol. The molecule has 1 aliphatic rings. The third kappa shape index (κ3) is 4.03. The van der Waals surface area contributed by atoms with E-state index in [2.05, 4.69) is 24.1 Å². The highest BCUT2D eigenvalue weighted by atomic mass is 32.1. The van der Waals surface area contributed by atoms with Crippen molar-refractivity contribution in [1.29, 1.82) is 0 Å². The van der Waals surface area contributed by atoms with Gasteiger partial charge < -0.3 is 10.4 Å². The Bertz CT molecular complexity index is 450. The number of aromatic nitrogens is 1. The fraction of sp³-hybridized carbons (Fsp3) is 0.733. The zero-order valence-electron chi connectivity index (χ0n) is 12.3. The first-order valence-corrected chi connectivity index (χ1v) is 8.27. The number of hydrogen-bond acceptors (Lipinski definition) is 4. The Labute approximate surface area is 124 Å². The summed E-state index contributed by atoms with van der Waals surface area (Å²) in [5.41, 5.74) is 1.28. The smallest absolute Gasteiger partial charge is 0.365 e. The van der Waals surface area contributed by atoms with Crippen molar-refractivity contribution >= 4 is 17.3 Å². The van der Waals surface area contributed by atoms with Gasteiger partial charge in [-0.15, -0.1) is 11.3 Å². The molecule has 0 unspecified atom stereocenters. The Hall–Kier alpha value is -0.940. The summed E-state index contributed by atoms with van der Waals surface area (Å²) < 4.78 is 0. The molecule has 1 fully saturated rings. The average Bonchev–Trinajstić information content (AvgIpc) is 2.98. The highest BCUT2D eigenvalue weighted by Crippen LogP contribution is 2.42. The van der Waals surface area contributed by atoms with Crippen LogP contribution in [0.25, 0.3) is 0 Å². The maximum Gasteiger partial charge on any atom is 0.365 e. The van der Waals surface area contributed by atoms with Crippen LogP contribution in [0.1, 0.15) is 61.4 Å². The zero-order valence-corrected chi connectivity index (χ0v) is 13.1. The maximum atomic E-state index is 10.8. The molecule has 20 heavy (non-hydrogen) atoms. The molecule has 5 heteroatoms. The SMILES string of the molecule is CC(C)CC1(CNCc2csc(C(=O)O)n2)CCCC1. The van der Waals surface area contributed by atoms with Gasteiger partial charge in [0.25, 0.3) is 0 Å². The maximum absolute atomic E-state index is 10.8. The third-order valence-electron chi connectivity index (χ3n) is 4.05. The Balaban J connectivity index is 1.85. The number of carbonyl (C=O) groups is 1. The topological polar surface area (TPSA) is 62.2 Å². The van der Waals surface area contributed by atoms with Crippen LogP contribution in [0.5, 0.6) is 0 Å². The van der Waals surface area contributed by atoms with E-state index in [1.54, 1.807) is 0 Å². The summed E-state index contributed by atoms with van der Waals surface area (Å²) in [6.45, 7) is 6.27. The lowest BCUT2D eigenvalue weighted by Crippen LogP contribution is -2.33. The largest absolute Gasteiger partial charge is 0.476 e. The van der Waals surface area contributed by atoms with Crippen LogP contribution in [0.4, 0.5) is 0 Å². The number of rotatable bonds is 7. The molecule has 112 valence electrons. The van der Waals surface area contributed by atoms with E-state index >= 15 is 0 Å². The minimum atomic E-state index is -0.937. The van der Waals surface area contributed by atoms with E-state index in [1.807, 2.05) is 5.38 Å². The second-order valence-electron chi connectivity index (χ2n) is 6.36. The van der Waals surface area contributed by atoms with Crippen molar-refractivity contribution in [2.45, 2.75) is 52.5 Å². The molecule has 0 aliphatic heterocycles. The van der Waals surface area contributed by atoms with Gasteiger partial charge in [0, 0.05) is 18.5 Å². The van der Waals surface area contributed by atoms with Crippen molar-refractivity contribution in [1.82, 2.24) is 10.3 Å². The number of nitrogens with one attached hydrogen (secondary N) is 1. The van der Waals surface area contributed by atoms with Gasteiger partial charge in [0.1, 0.15) is 0 Å². The first-order valence-electron chi connectivity index (χ1n) is 7.39. The lowest BCUT2D eigenvalue weighted by Gasteiger charge is -2.31. The Morgan fingerprint density at radius 2 is 2.20 bits per heavy atom. The predicted molar refractivity (Wildman–Crippen MR) is 81.1 cm³/mol. The molecular formula is C15H24N2O2S. The normalized spacial score (nSPS) is 17.8. The molecule has 0 radical (unpaired) electrons. The highest BCUT2D eigenvalue weighted by Gasteiger charge is 2.33. The van der Waals surface area contributed by atoms with Gasteiger partial charge in [0.2, 0.25) is 5.01 Å². The van der Waals surface area contributed by atoms with Gasteiger partial charge in [0.05, 0.1) is 5.69 Å². The highest BCUT2D eigenvalue weighted by molar-refractivity contribution is 7.11. The van der Waals surface area contributed by atoms with Crippen LogP contribution in [0.2, 0.25) is 0 Å². The van der Waals surface area contributed by atoms with Crippen molar-refractivity contribution in [3.8, 4) is 0 Å². The van der Waals surface area contributed by atoms with Gasteiger partial charge >= 0.3 is 5.97 Å². The van der Waals surface area contributed by atoms with E-state index in [9.17, 15) is 4.79 Å². The van der Waals surface area contributed by atoms with Gasteiger partial charge in [-0.3, -0.25) is 0 Å². The minimum absolute atomic E-state index is 0.180. The van der Waals surface area contributed by atoms with E-state index in [0.717, 1.165) is 18.2 Å². The van der Waals surface area contributed by atoms with Crippen LogP contribution in [-0.2, 0) is 6.54 Å². The van der Waals surface area contributed by atoms with Crippen LogP contribution >= 0.6 is 11.3 Å². The monoisotopic (exact) mass is 296 g/mol. The molecule has 1 heterocycles. The standard InChI is InChI=1S/C15H24N2O2S/c1-11(2)7-15(5-3-4-6-15)10-16-8-12-9-20-13(17-12)14(18)19/h9,11,16H,3-8,10H2,1-2H3,(H,18,19). The van der Waals surface area contributed by atoms with Gasteiger partial charge in [-0.05, 0) is 30.6 Å². The van der Waals surface area contributed by atoms with Crippen LogP contribution in [0.15, 0.2) is 5.38 Å². The molecule has 0 bridgehead atoms. The quantitative estimate of drug-likeness (QED) is 0.808. The van der Waals surface area contributed by atoms with Crippen LogP contribution in [0, 0.1) is 11.3 Å². The van der Waals surface area contributed by atoms with Crippen molar-refractivity contribution in [2.24, 2.45) is 11.3 Å². The summed E-state index contributed by atoms with van der Waals surface area (Å²) in [7, 11) is 0. The lowest BCUT2D eigenvalue weighted by atomic mass is 9.78. The second-order valence-corrected chi connectivity index (χ2v) is 7.22. The van der Waals surface area contributed by atoms with Gasteiger partial charge in [-0.2, -0.15) is 0 Å². The molecule has 0 atom stereocenters. The number of thiazole rings is 1. The molecule has 4 nitrogen and oxygen atoms in total. The van der Waals surface area contributed by atoms with Gasteiger partial charge in [-0.25, -0.2) is 9.78 Å². The molecule has 0 saturated heterocycles. The Kier molecular flexibility index (Phi) is 5.16. The number of nitrogens with zero attached hydrogens (tertiary/aromatic N) is 1. The summed E-state index contributed by atoms with van der Waals surface area (Å²) in [6, 6.07) is 0. The predicted octanol–water partition coefficient (Wildman–Crippen LogP) is 3.54. The molecule has 0 spiro atoms. The van der Waals surface area contributed by atoms with E-state index < -0.39 is 5.97 Å². The molecule has 1 aliphatic carbocycles. The van der Waals surface area contributed by atoms with E-state index in [1.165, 1.54) is 43.4 Å². The lowest BCUT2D eigenvalue weighted by molar-refractivity contribution is 0.0696. The summed E-state index contributed by atoms with van der Waals surface area (Å²) >= 11 is 1.20. The van der Waals surface area contributed by atoms with Crippen LogP contribution < -0.4 is 5.32 Å². The third-order valence-corrected chi connectivity index (χ3v) is 4.93. The number of carboxylic acids is 1. The summed E-state index contributed by atoms with van der Waals surface area (Å²) in [6.07, 6.45) is 6.59. The fourth-order valence-electron chi connectivity index (χ4n) is 3.39. The zero-order chi connectivity index (χ0) is 14.6. The van der Waals surface area contributed by atoms with Crippen molar-refractivity contribution in [2.75, 3.05) is 6.54 Å². The molecule has 2 N–H and O–H groups in total. The van der Waals surface area contributed by atoms with Crippen LogP contribution in [-0.4, -0.2) is 22.6 Å². The molecule has 0 aromatic carbocycles. The van der Waals surface area contributed by atoms with Crippen molar-refractivity contribution < 1.29 is 9.90 Å². The fourth-order valence-corrected chi connectivity index (χ4v) is 4.04. The Morgan fingerprint density at radius 3 is 2.75 bits per heavy atom. The number of carboxylic acid groups (broad SMARTS) is 1.